The number of hydrogen-bond donors (Lipinski definition) is 1. The molecule has 6 nitrogen and oxygen atoms in total. The number of likely N-dealkylation sites (N-methyl/N-ethyl adjacent to an activating group) is 1. The summed E-state index contributed by atoms with van der Waals surface area (Å²) in [6.45, 7) is 6.31. The zero-order valence-electron chi connectivity index (χ0n) is 10.7. The maximum absolute atomic E-state index is 11.2. The first-order valence-electron chi connectivity index (χ1n) is 6.27. The van der Waals surface area contributed by atoms with E-state index in [0.717, 1.165) is 19.0 Å². The quantitative estimate of drug-likeness (QED) is 0.841. The largest absolute Gasteiger partial charge is 0.481 e. The lowest BCUT2D eigenvalue weighted by Crippen LogP contribution is -2.44. The monoisotopic (exact) mass is 253 g/mol. The average Bonchev–Trinajstić information content (AvgIpc) is 2.98. The lowest BCUT2D eigenvalue weighted by Gasteiger charge is -2.30. The number of rotatable bonds is 5. The zero-order chi connectivity index (χ0) is 13.1. The first-order valence-corrected chi connectivity index (χ1v) is 6.27. The third-order valence-electron chi connectivity index (χ3n) is 3.40. The third-order valence-corrected chi connectivity index (χ3v) is 3.40. The summed E-state index contributed by atoms with van der Waals surface area (Å²) >= 11 is 0. The molecule has 2 heterocycles. The van der Waals surface area contributed by atoms with Crippen molar-refractivity contribution in [2.24, 2.45) is 5.92 Å². The van der Waals surface area contributed by atoms with Crippen molar-refractivity contribution in [2.45, 2.75) is 26.4 Å². The van der Waals surface area contributed by atoms with Gasteiger partial charge in [0.25, 0.3) is 0 Å². The molecule has 100 valence electrons. The van der Waals surface area contributed by atoms with E-state index in [9.17, 15) is 9.90 Å². The Morgan fingerprint density at radius 2 is 2.39 bits per heavy atom. The summed E-state index contributed by atoms with van der Waals surface area (Å²) in [6.07, 6.45) is 3.65. The normalized spacial score (nSPS) is 23.2. The van der Waals surface area contributed by atoms with Crippen molar-refractivity contribution >= 4 is 11.9 Å². The van der Waals surface area contributed by atoms with Gasteiger partial charge in [0.1, 0.15) is 5.92 Å². The SMILES string of the molecule is CCN(c1nccn1CC)C1COCC1C(=O)O. The van der Waals surface area contributed by atoms with E-state index in [4.69, 9.17) is 4.74 Å². The summed E-state index contributed by atoms with van der Waals surface area (Å²) < 4.78 is 7.34. The van der Waals surface area contributed by atoms with Crippen LogP contribution in [0.4, 0.5) is 5.95 Å². The molecule has 1 saturated heterocycles. The number of anilines is 1. The number of aryl methyl sites for hydroxylation is 1. The molecule has 1 fully saturated rings. The number of carbonyl (C=O) groups is 1. The van der Waals surface area contributed by atoms with Crippen LogP contribution in [0, 0.1) is 5.92 Å². The predicted molar refractivity (Wildman–Crippen MR) is 66.7 cm³/mol. The van der Waals surface area contributed by atoms with Gasteiger partial charge in [-0.15, -0.1) is 0 Å². The molecule has 1 aliphatic heterocycles. The molecular weight excluding hydrogens is 234 g/mol. The lowest BCUT2D eigenvalue weighted by atomic mass is 10.0. The summed E-state index contributed by atoms with van der Waals surface area (Å²) in [5, 5.41) is 9.22. The van der Waals surface area contributed by atoms with E-state index >= 15 is 0 Å². The fraction of sp³-hybridized carbons (Fsp3) is 0.667. The topological polar surface area (TPSA) is 67.6 Å². The summed E-state index contributed by atoms with van der Waals surface area (Å²) in [4.78, 5) is 17.6. The number of ether oxygens (including phenoxy) is 1. The second-order valence-electron chi connectivity index (χ2n) is 4.35. The highest BCUT2D eigenvalue weighted by Gasteiger charge is 2.38. The summed E-state index contributed by atoms with van der Waals surface area (Å²) in [7, 11) is 0. The summed E-state index contributed by atoms with van der Waals surface area (Å²) in [5.41, 5.74) is 0. The first-order chi connectivity index (χ1) is 8.69. The van der Waals surface area contributed by atoms with Gasteiger partial charge in [0.15, 0.2) is 0 Å². The Balaban J connectivity index is 2.25. The molecule has 1 aromatic rings. The van der Waals surface area contributed by atoms with Gasteiger partial charge in [0, 0.05) is 25.5 Å². The molecule has 0 aliphatic carbocycles. The highest BCUT2D eigenvalue weighted by molar-refractivity contribution is 5.72. The molecule has 0 bridgehead atoms. The van der Waals surface area contributed by atoms with E-state index in [2.05, 4.69) is 4.98 Å². The molecule has 1 aromatic heterocycles. The summed E-state index contributed by atoms with van der Waals surface area (Å²) in [5.74, 6) is -0.459. The number of aliphatic carboxylic acids is 1. The van der Waals surface area contributed by atoms with Gasteiger partial charge in [-0.1, -0.05) is 0 Å². The number of imidazole rings is 1. The number of nitrogens with zero attached hydrogens (tertiary/aromatic N) is 3. The average molecular weight is 253 g/mol. The molecule has 0 aromatic carbocycles. The van der Waals surface area contributed by atoms with Crippen molar-refractivity contribution in [2.75, 3.05) is 24.7 Å². The Kier molecular flexibility index (Phi) is 3.86. The minimum atomic E-state index is -0.800. The van der Waals surface area contributed by atoms with Gasteiger partial charge in [-0.05, 0) is 13.8 Å². The van der Waals surface area contributed by atoms with Crippen LogP contribution < -0.4 is 4.90 Å². The van der Waals surface area contributed by atoms with E-state index < -0.39 is 11.9 Å². The van der Waals surface area contributed by atoms with Crippen LogP contribution in [0.3, 0.4) is 0 Å². The van der Waals surface area contributed by atoms with Gasteiger partial charge in [-0.3, -0.25) is 4.79 Å². The van der Waals surface area contributed by atoms with E-state index in [-0.39, 0.29) is 12.6 Å². The van der Waals surface area contributed by atoms with E-state index in [0.29, 0.717) is 6.61 Å². The van der Waals surface area contributed by atoms with E-state index in [1.54, 1.807) is 6.20 Å². The molecule has 1 N–H and O–H groups in total. The molecule has 1 aliphatic rings. The Bertz CT molecular complexity index is 418. The maximum Gasteiger partial charge on any atom is 0.311 e. The van der Waals surface area contributed by atoms with Crippen molar-refractivity contribution in [3.63, 3.8) is 0 Å². The highest BCUT2D eigenvalue weighted by Crippen LogP contribution is 2.24. The minimum absolute atomic E-state index is 0.139. The van der Waals surface area contributed by atoms with E-state index in [1.807, 2.05) is 29.5 Å². The van der Waals surface area contributed by atoms with E-state index in [1.165, 1.54) is 0 Å². The molecule has 6 heteroatoms. The Morgan fingerprint density at radius 3 is 3.00 bits per heavy atom. The zero-order valence-corrected chi connectivity index (χ0v) is 10.7. The molecule has 0 amide bonds. The van der Waals surface area contributed by atoms with Gasteiger partial charge in [0.05, 0.1) is 19.3 Å². The molecule has 0 saturated carbocycles. The number of carboxylic acid groups (broad SMARTS) is 1. The van der Waals surface area contributed by atoms with Crippen molar-refractivity contribution < 1.29 is 14.6 Å². The lowest BCUT2D eigenvalue weighted by molar-refractivity contribution is -0.141. The predicted octanol–water partition coefficient (Wildman–Crippen LogP) is 0.829. The number of hydrogen-bond acceptors (Lipinski definition) is 4. The van der Waals surface area contributed by atoms with Gasteiger partial charge >= 0.3 is 5.97 Å². The van der Waals surface area contributed by atoms with Crippen molar-refractivity contribution in [1.29, 1.82) is 0 Å². The molecular formula is C12H19N3O3. The molecule has 2 unspecified atom stereocenters. The fourth-order valence-corrected chi connectivity index (χ4v) is 2.42. The van der Waals surface area contributed by atoms with Crippen LogP contribution in [-0.4, -0.2) is 46.4 Å². The van der Waals surface area contributed by atoms with Crippen LogP contribution in [0.15, 0.2) is 12.4 Å². The Hall–Kier alpha value is -1.56. The Morgan fingerprint density at radius 1 is 1.61 bits per heavy atom. The van der Waals surface area contributed by atoms with Crippen LogP contribution in [0.25, 0.3) is 0 Å². The standard InChI is InChI=1S/C12H19N3O3/c1-3-14-6-5-13-12(14)15(4-2)10-8-18-7-9(10)11(16)17/h5-6,9-10H,3-4,7-8H2,1-2H3,(H,16,17). The molecule has 2 atom stereocenters. The van der Waals surface area contributed by atoms with Gasteiger partial charge in [-0.25, -0.2) is 4.98 Å². The molecule has 18 heavy (non-hydrogen) atoms. The van der Waals surface area contributed by atoms with Crippen LogP contribution in [-0.2, 0) is 16.1 Å². The molecule has 2 rings (SSSR count). The van der Waals surface area contributed by atoms with Crippen molar-refractivity contribution in [1.82, 2.24) is 9.55 Å². The van der Waals surface area contributed by atoms with Crippen LogP contribution >= 0.6 is 0 Å². The maximum atomic E-state index is 11.2. The minimum Gasteiger partial charge on any atom is -0.481 e. The molecule has 0 spiro atoms. The molecule has 0 radical (unpaired) electrons. The number of aromatic nitrogens is 2. The van der Waals surface area contributed by atoms with Crippen LogP contribution in [0.2, 0.25) is 0 Å². The Labute approximate surface area is 106 Å². The smallest absolute Gasteiger partial charge is 0.311 e. The first kappa shape index (κ1) is 12.9. The van der Waals surface area contributed by atoms with Gasteiger partial charge in [-0.2, -0.15) is 0 Å². The fourth-order valence-electron chi connectivity index (χ4n) is 2.42. The second-order valence-corrected chi connectivity index (χ2v) is 4.35. The van der Waals surface area contributed by atoms with Crippen molar-refractivity contribution in [3.8, 4) is 0 Å². The van der Waals surface area contributed by atoms with Gasteiger partial charge in [0.2, 0.25) is 5.95 Å². The second kappa shape index (κ2) is 5.39. The summed E-state index contributed by atoms with van der Waals surface area (Å²) in [6, 6.07) is -0.139. The van der Waals surface area contributed by atoms with Crippen LogP contribution in [0.5, 0.6) is 0 Å². The van der Waals surface area contributed by atoms with Crippen LogP contribution in [0.1, 0.15) is 13.8 Å². The highest BCUT2D eigenvalue weighted by atomic mass is 16.5. The number of carboxylic acids is 1. The third kappa shape index (κ3) is 2.20. The van der Waals surface area contributed by atoms with Gasteiger partial charge < -0.3 is 19.3 Å². The van der Waals surface area contributed by atoms with Crippen molar-refractivity contribution in [3.05, 3.63) is 12.4 Å².